The lowest BCUT2D eigenvalue weighted by Gasteiger charge is -2.17. The molecule has 4 nitrogen and oxygen atoms in total. The summed E-state index contributed by atoms with van der Waals surface area (Å²) in [5, 5.41) is 2.97. The van der Waals surface area contributed by atoms with Crippen LogP contribution in [0.15, 0.2) is 0 Å². The highest BCUT2D eigenvalue weighted by Gasteiger charge is 2.19. The maximum Gasteiger partial charge on any atom is 0.224 e. The first-order valence-electron chi connectivity index (χ1n) is 6.72. The summed E-state index contributed by atoms with van der Waals surface area (Å²) >= 11 is 0. The van der Waals surface area contributed by atoms with E-state index < -0.39 is 0 Å². The number of hydrogen-bond acceptors (Lipinski definition) is 3. The number of rotatable bonds is 7. The van der Waals surface area contributed by atoms with Gasteiger partial charge in [0.2, 0.25) is 5.91 Å². The van der Waals surface area contributed by atoms with E-state index in [0.29, 0.717) is 25.1 Å². The van der Waals surface area contributed by atoms with Crippen molar-refractivity contribution in [2.24, 2.45) is 17.6 Å². The van der Waals surface area contributed by atoms with Gasteiger partial charge in [-0.2, -0.15) is 0 Å². The zero-order chi connectivity index (χ0) is 12.7. The van der Waals surface area contributed by atoms with Crippen LogP contribution in [0.4, 0.5) is 0 Å². The maximum absolute atomic E-state index is 11.9. The Bertz CT molecular complexity index is 225. The minimum atomic E-state index is -0.0421. The molecule has 0 aromatic rings. The van der Waals surface area contributed by atoms with Crippen molar-refractivity contribution in [3.63, 3.8) is 0 Å². The summed E-state index contributed by atoms with van der Waals surface area (Å²) in [5.74, 6) is 0.561. The summed E-state index contributed by atoms with van der Waals surface area (Å²) in [6.07, 6.45) is 4.41. The second kappa shape index (κ2) is 7.67. The molecule has 1 amide bonds. The van der Waals surface area contributed by atoms with Gasteiger partial charge in [0, 0.05) is 19.7 Å². The molecule has 3 N–H and O–H groups in total. The average molecular weight is 242 g/mol. The molecule has 1 aliphatic rings. The fraction of sp³-hybridized carbons (Fsp3) is 0.923. The van der Waals surface area contributed by atoms with E-state index in [4.69, 9.17) is 10.5 Å². The Kier molecular flexibility index (Phi) is 6.52. The third-order valence-corrected chi connectivity index (χ3v) is 3.20. The number of carbonyl (C=O) groups excluding carboxylic acids is 1. The Morgan fingerprint density at radius 3 is 2.82 bits per heavy atom. The monoisotopic (exact) mass is 242 g/mol. The van der Waals surface area contributed by atoms with Gasteiger partial charge in [-0.05, 0) is 31.6 Å². The largest absolute Gasteiger partial charge is 0.378 e. The topological polar surface area (TPSA) is 64.4 Å². The number of nitrogens with one attached hydrogen (secondary N) is 1. The lowest BCUT2D eigenvalue weighted by atomic mass is 9.96. The molecule has 0 saturated carbocycles. The first-order chi connectivity index (χ1) is 8.13. The van der Waals surface area contributed by atoms with Crippen molar-refractivity contribution in [3.8, 4) is 0 Å². The van der Waals surface area contributed by atoms with Crippen molar-refractivity contribution in [1.29, 1.82) is 0 Å². The van der Waals surface area contributed by atoms with Crippen LogP contribution in [0.3, 0.4) is 0 Å². The van der Waals surface area contributed by atoms with Gasteiger partial charge in [0.25, 0.3) is 0 Å². The Hall–Kier alpha value is -0.610. The third kappa shape index (κ3) is 5.50. The summed E-state index contributed by atoms with van der Waals surface area (Å²) in [6.45, 7) is 6.24. The maximum atomic E-state index is 11.9. The molecule has 100 valence electrons. The summed E-state index contributed by atoms with van der Waals surface area (Å²) in [5.41, 5.74) is 5.63. The van der Waals surface area contributed by atoms with Gasteiger partial charge in [-0.15, -0.1) is 0 Å². The predicted molar refractivity (Wildman–Crippen MR) is 68.6 cm³/mol. The molecule has 0 aromatic heterocycles. The van der Waals surface area contributed by atoms with Crippen molar-refractivity contribution in [2.45, 2.75) is 45.6 Å². The van der Waals surface area contributed by atoms with Crippen LogP contribution in [0.2, 0.25) is 0 Å². The van der Waals surface area contributed by atoms with Crippen molar-refractivity contribution in [2.75, 3.05) is 19.7 Å². The van der Waals surface area contributed by atoms with Crippen LogP contribution in [-0.4, -0.2) is 31.7 Å². The average Bonchev–Trinajstić information content (AvgIpc) is 2.78. The molecule has 0 spiro atoms. The molecule has 1 aliphatic heterocycles. The molecule has 0 aliphatic carbocycles. The lowest BCUT2D eigenvalue weighted by Crippen LogP contribution is -2.37. The molecule has 0 bridgehead atoms. The van der Waals surface area contributed by atoms with E-state index >= 15 is 0 Å². The normalized spacial score (nSPS) is 21.8. The molecular weight excluding hydrogens is 216 g/mol. The molecule has 4 heteroatoms. The minimum absolute atomic E-state index is 0.0421. The van der Waals surface area contributed by atoms with Crippen LogP contribution in [-0.2, 0) is 9.53 Å². The Morgan fingerprint density at radius 2 is 2.29 bits per heavy atom. The second-order valence-electron chi connectivity index (χ2n) is 5.28. The standard InChI is InChI=1S/C13H26N2O2/c1-10(2)8-11(9-14)13(16)15-6-5-12-4-3-7-17-12/h10-12H,3-9,14H2,1-2H3,(H,15,16). The zero-order valence-electron chi connectivity index (χ0n) is 11.1. The summed E-state index contributed by atoms with van der Waals surface area (Å²) in [4.78, 5) is 11.9. The fourth-order valence-electron chi connectivity index (χ4n) is 2.25. The second-order valence-corrected chi connectivity index (χ2v) is 5.28. The molecule has 17 heavy (non-hydrogen) atoms. The van der Waals surface area contributed by atoms with Gasteiger partial charge in [0.15, 0.2) is 0 Å². The number of carbonyl (C=O) groups is 1. The van der Waals surface area contributed by atoms with E-state index in [9.17, 15) is 4.79 Å². The summed E-state index contributed by atoms with van der Waals surface area (Å²) in [7, 11) is 0. The lowest BCUT2D eigenvalue weighted by molar-refractivity contribution is -0.125. The first-order valence-corrected chi connectivity index (χ1v) is 6.72. The van der Waals surface area contributed by atoms with Crippen molar-refractivity contribution < 1.29 is 9.53 Å². The predicted octanol–water partition coefficient (Wildman–Crippen LogP) is 1.29. The Labute approximate surface area is 104 Å². The fourth-order valence-corrected chi connectivity index (χ4v) is 2.25. The molecule has 1 rings (SSSR count). The molecule has 1 heterocycles. The van der Waals surface area contributed by atoms with Crippen LogP contribution in [0, 0.1) is 11.8 Å². The molecule has 1 saturated heterocycles. The van der Waals surface area contributed by atoms with Crippen LogP contribution < -0.4 is 11.1 Å². The van der Waals surface area contributed by atoms with E-state index in [1.54, 1.807) is 0 Å². The molecule has 0 radical (unpaired) electrons. The first kappa shape index (κ1) is 14.5. The Balaban J connectivity index is 2.17. The number of hydrogen-bond donors (Lipinski definition) is 2. The van der Waals surface area contributed by atoms with Crippen molar-refractivity contribution in [3.05, 3.63) is 0 Å². The number of amides is 1. The van der Waals surface area contributed by atoms with Crippen molar-refractivity contribution in [1.82, 2.24) is 5.32 Å². The van der Waals surface area contributed by atoms with Crippen LogP contribution in [0.5, 0.6) is 0 Å². The molecule has 0 aromatic carbocycles. The quantitative estimate of drug-likeness (QED) is 0.707. The summed E-state index contributed by atoms with van der Waals surface area (Å²) in [6, 6.07) is 0. The van der Waals surface area contributed by atoms with E-state index in [0.717, 1.165) is 32.3 Å². The number of nitrogens with two attached hydrogens (primary N) is 1. The van der Waals surface area contributed by atoms with Crippen LogP contribution in [0.1, 0.15) is 39.5 Å². The van der Waals surface area contributed by atoms with Gasteiger partial charge in [-0.3, -0.25) is 4.79 Å². The van der Waals surface area contributed by atoms with E-state index in [1.165, 1.54) is 0 Å². The summed E-state index contributed by atoms with van der Waals surface area (Å²) < 4.78 is 5.51. The molecule has 2 unspecified atom stereocenters. The van der Waals surface area contributed by atoms with Crippen molar-refractivity contribution >= 4 is 5.91 Å². The highest BCUT2D eigenvalue weighted by Crippen LogP contribution is 2.15. The highest BCUT2D eigenvalue weighted by molar-refractivity contribution is 5.78. The van der Waals surface area contributed by atoms with E-state index in [1.807, 2.05) is 0 Å². The van der Waals surface area contributed by atoms with Gasteiger partial charge >= 0.3 is 0 Å². The third-order valence-electron chi connectivity index (χ3n) is 3.20. The highest BCUT2D eigenvalue weighted by atomic mass is 16.5. The van der Waals surface area contributed by atoms with E-state index in [2.05, 4.69) is 19.2 Å². The van der Waals surface area contributed by atoms with Gasteiger partial charge in [0.1, 0.15) is 0 Å². The zero-order valence-corrected chi connectivity index (χ0v) is 11.1. The SMILES string of the molecule is CC(C)CC(CN)C(=O)NCCC1CCCO1. The number of ether oxygens (including phenoxy) is 1. The molecular formula is C13H26N2O2. The van der Waals surface area contributed by atoms with Crippen LogP contribution in [0.25, 0.3) is 0 Å². The van der Waals surface area contributed by atoms with Crippen LogP contribution >= 0.6 is 0 Å². The van der Waals surface area contributed by atoms with E-state index in [-0.39, 0.29) is 11.8 Å². The van der Waals surface area contributed by atoms with Gasteiger partial charge in [0.05, 0.1) is 12.0 Å². The minimum Gasteiger partial charge on any atom is -0.378 e. The molecule has 2 atom stereocenters. The van der Waals surface area contributed by atoms with Gasteiger partial charge in [-0.1, -0.05) is 13.8 Å². The van der Waals surface area contributed by atoms with Gasteiger partial charge in [-0.25, -0.2) is 0 Å². The van der Waals surface area contributed by atoms with Gasteiger partial charge < -0.3 is 15.8 Å². The Morgan fingerprint density at radius 1 is 1.53 bits per heavy atom. The smallest absolute Gasteiger partial charge is 0.224 e. The molecule has 1 fully saturated rings.